The van der Waals surface area contributed by atoms with Crippen LogP contribution in [-0.2, 0) is 18.3 Å². The molecule has 1 heteroatoms. The van der Waals surface area contributed by atoms with E-state index in [0.29, 0.717) is 17.8 Å². The lowest BCUT2D eigenvalue weighted by Crippen LogP contribution is -2.18. The third-order valence-corrected chi connectivity index (χ3v) is 16.4. The second kappa shape index (κ2) is 17.0. The number of hydrogen-bond donors (Lipinski definition) is 0. The van der Waals surface area contributed by atoms with Gasteiger partial charge in [-0.1, -0.05) is 157 Å². The van der Waals surface area contributed by atoms with Crippen LogP contribution in [0.25, 0.3) is 33.4 Å². The zero-order valence-electron chi connectivity index (χ0n) is 37.7. The zero-order chi connectivity index (χ0) is 41.6. The van der Waals surface area contributed by atoms with Gasteiger partial charge in [0, 0.05) is 22.5 Å². The van der Waals surface area contributed by atoms with E-state index in [2.05, 4.69) is 140 Å². The van der Waals surface area contributed by atoms with Crippen molar-refractivity contribution in [2.75, 3.05) is 4.90 Å². The Kier molecular flexibility index (Phi) is 11.0. The fraction of sp³-hybridized carbons (Fsp3) is 0.410. The van der Waals surface area contributed by atoms with Crippen molar-refractivity contribution in [3.8, 4) is 33.4 Å². The summed E-state index contributed by atoms with van der Waals surface area (Å²) in [6.45, 7) is 4.83. The summed E-state index contributed by atoms with van der Waals surface area (Å²) >= 11 is 0. The van der Waals surface area contributed by atoms with Crippen LogP contribution in [0.3, 0.4) is 0 Å². The van der Waals surface area contributed by atoms with E-state index >= 15 is 0 Å². The quantitative estimate of drug-likeness (QED) is 0.148. The molecule has 0 unspecified atom stereocenters. The van der Waals surface area contributed by atoms with Gasteiger partial charge in [-0.3, -0.25) is 0 Å². The molecule has 0 aliphatic heterocycles. The average Bonchev–Trinajstić information content (AvgIpc) is 3.57. The topological polar surface area (TPSA) is 3.24 Å². The molecule has 6 aromatic carbocycles. The normalized spacial score (nSPS) is 19.1. The molecule has 0 amide bonds. The first kappa shape index (κ1) is 39.9. The summed E-state index contributed by atoms with van der Waals surface area (Å²) < 4.78 is 0. The molecular weight excluding hydrogens is 747 g/mol. The van der Waals surface area contributed by atoms with E-state index in [9.17, 15) is 0 Å². The SMILES string of the molecule is CC1(C)c2ccccc2-c2ccc(N(c3ccc(C4CCCCC4)cc3)c3ccc(-c4cccc(-c5cc(C6CCCCC6)cc(C6CCCCC6)c5)c4)c4c3CCCC4)cc21. The standard InChI is InChI=1S/C61H67N/c1-61(2)58-28-15-14-26-55(58)56-34-33-52(41-59(56)61)62(51-31-29-45(30-32-51)42-17-6-3-7-18-42)60-36-35-53(54-25-12-13-27-57(54)60)47-24-16-23-46(37-47)50-39-48(43-19-8-4-9-20-43)38-49(40-50)44-21-10-5-11-22-44/h14-16,23-24,26,28-44H,3-13,17-22,25,27H2,1-2H3. The Morgan fingerprint density at radius 1 is 0.387 bits per heavy atom. The first-order chi connectivity index (χ1) is 30.5. The van der Waals surface area contributed by atoms with Gasteiger partial charge in [0.15, 0.2) is 0 Å². The maximum absolute atomic E-state index is 2.64. The first-order valence-electron chi connectivity index (χ1n) is 25.0. The predicted molar refractivity (Wildman–Crippen MR) is 264 cm³/mol. The summed E-state index contributed by atoms with van der Waals surface area (Å²) in [6.07, 6.45) is 25.2. The molecule has 5 aliphatic carbocycles. The maximum atomic E-state index is 2.64. The zero-order valence-corrected chi connectivity index (χ0v) is 37.7. The van der Waals surface area contributed by atoms with Gasteiger partial charge in [0.2, 0.25) is 0 Å². The lowest BCUT2D eigenvalue weighted by molar-refractivity contribution is 0.435. The monoisotopic (exact) mass is 814 g/mol. The van der Waals surface area contributed by atoms with Gasteiger partial charge in [0.25, 0.3) is 0 Å². The van der Waals surface area contributed by atoms with E-state index < -0.39 is 0 Å². The summed E-state index contributed by atoms with van der Waals surface area (Å²) in [6, 6.07) is 48.7. The fourth-order valence-electron chi connectivity index (χ4n) is 13.0. The van der Waals surface area contributed by atoms with Crippen molar-refractivity contribution in [2.45, 2.75) is 159 Å². The molecular formula is C61H67N. The summed E-state index contributed by atoms with van der Waals surface area (Å²) in [7, 11) is 0. The van der Waals surface area contributed by atoms with E-state index in [1.807, 2.05) is 0 Å². The van der Waals surface area contributed by atoms with Crippen molar-refractivity contribution in [3.05, 3.63) is 160 Å². The van der Waals surface area contributed by atoms with Crippen LogP contribution in [0.5, 0.6) is 0 Å². The van der Waals surface area contributed by atoms with Crippen LogP contribution in [0.4, 0.5) is 17.1 Å². The van der Waals surface area contributed by atoms with Crippen LogP contribution in [-0.4, -0.2) is 0 Å². The molecule has 0 atom stereocenters. The minimum absolute atomic E-state index is 0.0557. The highest BCUT2D eigenvalue weighted by Crippen LogP contribution is 2.52. The molecule has 0 saturated heterocycles. The van der Waals surface area contributed by atoms with Crippen LogP contribution >= 0.6 is 0 Å². The van der Waals surface area contributed by atoms with Gasteiger partial charge in [-0.25, -0.2) is 0 Å². The fourth-order valence-corrected chi connectivity index (χ4v) is 13.0. The minimum atomic E-state index is -0.0557. The number of nitrogens with zero attached hydrogens (tertiary/aromatic N) is 1. The van der Waals surface area contributed by atoms with E-state index in [0.717, 1.165) is 12.8 Å². The van der Waals surface area contributed by atoms with Gasteiger partial charge in [-0.05, 0) is 191 Å². The van der Waals surface area contributed by atoms with Crippen molar-refractivity contribution in [3.63, 3.8) is 0 Å². The highest BCUT2D eigenvalue weighted by atomic mass is 15.1. The average molecular weight is 814 g/mol. The maximum Gasteiger partial charge on any atom is 0.0496 e. The van der Waals surface area contributed by atoms with Crippen molar-refractivity contribution >= 4 is 17.1 Å². The van der Waals surface area contributed by atoms with E-state index in [4.69, 9.17) is 0 Å². The summed E-state index contributed by atoms with van der Waals surface area (Å²) in [5.74, 6) is 2.13. The molecule has 62 heavy (non-hydrogen) atoms. The van der Waals surface area contributed by atoms with Crippen LogP contribution in [0.2, 0.25) is 0 Å². The lowest BCUT2D eigenvalue weighted by atomic mass is 9.78. The van der Waals surface area contributed by atoms with Crippen LogP contribution in [0, 0.1) is 0 Å². The molecule has 0 heterocycles. The van der Waals surface area contributed by atoms with E-state index in [-0.39, 0.29) is 5.41 Å². The second-order valence-electron chi connectivity index (χ2n) is 20.6. The Labute approximate surface area is 373 Å². The molecule has 6 aromatic rings. The Balaban J connectivity index is 1.01. The lowest BCUT2D eigenvalue weighted by Gasteiger charge is -2.33. The van der Waals surface area contributed by atoms with Gasteiger partial charge >= 0.3 is 0 Å². The smallest absolute Gasteiger partial charge is 0.0496 e. The van der Waals surface area contributed by atoms with Crippen molar-refractivity contribution in [1.82, 2.24) is 0 Å². The molecule has 3 fully saturated rings. The third kappa shape index (κ3) is 7.46. The molecule has 11 rings (SSSR count). The Morgan fingerprint density at radius 2 is 0.952 bits per heavy atom. The van der Waals surface area contributed by atoms with E-state index in [1.54, 1.807) is 16.7 Å². The van der Waals surface area contributed by atoms with Gasteiger partial charge < -0.3 is 4.90 Å². The number of anilines is 3. The highest BCUT2D eigenvalue weighted by molar-refractivity contribution is 5.88. The van der Waals surface area contributed by atoms with Gasteiger partial charge in [-0.15, -0.1) is 0 Å². The van der Waals surface area contributed by atoms with Gasteiger partial charge in [0.05, 0.1) is 0 Å². The van der Waals surface area contributed by atoms with Gasteiger partial charge in [0.1, 0.15) is 0 Å². The Bertz CT molecular complexity index is 2520. The molecule has 316 valence electrons. The Hall–Kier alpha value is -4.88. The number of rotatable bonds is 8. The third-order valence-electron chi connectivity index (χ3n) is 16.4. The molecule has 0 radical (unpaired) electrons. The molecule has 0 bridgehead atoms. The van der Waals surface area contributed by atoms with Crippen molar-refractivity contribution in [1.29, 1.82) is 0 Å². The summed E-state index contributed by atoms with van der Waals surface area (Å²) in [4.78, 5) is 2.62. The molecule has 0 spiro atoms. The largest absolute Gasteiger partial charge is 0.310 e. The molecule has 3 saturated carbocycles. The second-order valence-corrected chi connectivity index (χ2v) is 20.6. The van der Waals surface area contributed by atoms with E-state index in [1.165, 1.54) is 182 Å². The number of hydrogen-bond acceptors (Lipinski definition) is 1. The summed E-state index contributed by atoms with van der Waals surface area (Å²) in [5, 5.41) is 0. The van der Waals surface area contributed by atoms with Crippen LogP contribution < -0.4 is 4.90 Å². The molecule has 1 nitrogen and oxygen atoms in total. The van der Waals surface area contributed by atoms with Crippen molar-refractivity contribution in [2.24, 2.45) is 0 Å². The number of benzene rings is 6. The first-order valence-corrected chi connectivity index (χ1v) is 25.0. The van der Waals surface area contributed by atoms with Crippen molar-refractivity contribution < 1.29 is 0 Å². The number of fused-ring (bicyclic) bond motifs is 4. The molecule has 5 aliphatic rings. The predicted octanol–water partition coefficient (Wildman–Crippen LogP) is 17.8. The highest BCUT2D eigenvalue weighted by Gasteiger charge is 2.36. The molecule has 0 aromatic heterocycles. The minimum Gasteiger partial charge on any atom is -0.310 e. The summed E-state index contributed by atoms with van der Waals surface area (Å²) in [5.41, 5.74) is 22.9. The van der Waals surface area contributed by atoms with Crippen LogP contribution in [0.1, 0.15) is 180 Å². The Morgan fingerprint density at radius 3 is 1.63 bits per heavy atom. The van der Waals surface area contributed by atoms with Gasteiger partial charge in [-0.2, -0.15) is 0 Å². The molecule has 0 N–H and O–H groups in total. The van der Waals surface area contributed by atoms with Crippen LogP contribution in [0.15, 0.2) is 121 Å².